The molecule has 0 spiro atoms. The number of ether oxygens (including phenoxy) is 1. The summed E-state index contributed by atoms with van der Waals surface area (Å²) in [4.78, 5) is 34.8. The Hall–Kier alpha value is -3.04. The molecule has 0 aliphatic carbocycles. The Labute approximate surface area is 156 Å². The third-order valence-electron chi connectivity index (χ3n) is 3.38. The third kappa shape index (κ3) is 6.32. The van der Waals surface area contributed by atoms with E-state index in [2.05, 4.69) is 10.0 Å². The first-order valence-electron chi connectivity index (χ1n) is 7.89. The molecule has 0 saturated heterocycles. The van der Waals surface area contributed by atoms with Crippen LogP contribution in [0.3, 0.4) is 0 Å². The van der Waals surface area contributed by atoms with Crippen LogP contribution in [0.2, 0.25) is 0 Å². The first-order valence-corrected chi connectivity index (χ1v) is 9.37. The van der Waals surface area contributed by atoms with Gasteiger partial charge in [-0.05, 0) is 31.2 Å². The Morgan fingerprint density at radius 3 is 2.37 bits per heavy atom. The zero-order valence-corrected chi connectivity index (χ0v) is 15.3. The number of nitrogens with one attached hydrogen (secondary N) is 2. The highest BCUT2D eigenvalue weighted by atomic mass is 32.2. The van der Waals surface area contributed by atoms with Crippen LogP contribution >= 0.6 is 0 Å². The Bertz CT molecular complexity index is 941. The van der Waals surface area contributed by atoms with E-state index in [0.29, 0.717) is 11.3 Å². The molecule has 0 aliphatic heterocycles. The Morgan fingerprint density at radius 2 is 1.70 bits per heavy atom. The predicted octanol–water partition coefficient (Wildman–Crippen LogP) is 1.35. The van der Waals surface area contributed by atoms with Gasteiger partial charge in [0.25, 0.3) is 5.91 Å². The van der Waals surface area contributed by atoms with Gasteiger partial charge in [0.05, 0.1) is 4.90 Å². The summed E-state index contributed by atoms with van der Waals surface area (Å²) in [6.45, 7) is 0.208. The van der Waals surface area contributed by atoms with E-state index in [1.54, 1.807) is 36.4 Å². The van der Waals surface area contributed by atoms with Gasteiger partial charge in [0, 0.05) is 11.3 Å². The standard InChI is InChI=1S/C18H18N2O6S/c1-13(21)14-6-5-7-15(10-14)20-17(22)12-26-18(23)11-19-27(24,25)16-8-3-2-4-9-16/h2-10,19H,11-12H2,1H3,(H,20,22). The van der Waals surface area contributed by atoms with Crippen LogP contribution in [0, 0.1) is 0 Å². The highest BCUT2D eigenvalue weighted by Gasteiger charge is 2.16. The minimum Gasteiger partial charge on any atom is -0.455 e. The number of anilines is 1. The quantitative estimate of drug-likeness (QED) is 0.519. The van der Waals surface area contributed by atoms with Gasteiger partial charge in [-0.1, -0.05) is 30.3 Å². The van der Waals surface area contributed by atoms with Gasteiger partial charge >= 0.3 is 5.97 Å². The van der Waals surface area contributed by atoms with Crippen molar-refractivity contribution in [1.29, 1.82) is 0 Å². The van der Waals surface area contributed by atoms with E-state index in [1.807, 2.05) is 0 Å². The van der Waals surface area contributed by atoms with Gasteiger partial charge in [0.15, 0.2) is 12.4 Å². The lowest BCUT2D eigenvalue weighted by atomic mass is 10.1. The number of carbonyl (C=O) groups is 3. The number of hydrogen-bond donors (Lipinski definition) is 2. The first-order chi connectivity index (χ1) is 12.8. The monoisotopic (exact) mass is 390 g/mol. The summed E-state index contributed by atoms with van der Waals surface area (Å²) in [5.74, 6) is -1.67. The fourth-order valence-corrected chi connectivity index (χ4v) is 3.04. The van der Waals surface area contributed by atoms with Crippen LogP contribution in [0.4, 0.5) is 5.69 Å². The van der Waals surface area contributed by atoms with Crippen LogP contribution in [-0.4, -0.2) is 39.2 Å². The summed E-state index contributed by atoms with van der Waals surface area (Å²) >= 11 is 0. The van der Waals surface area contributed by atoms with Gasteiger partial charge in [-0.15, -0.1) is 0 Å². The van der Waals surface area contributed by atoms with E-state index in [-0.39, 0.29) is 10.7 Å². The molecular formula is C18H18N2O6S. The molecule has 2 N–H and O–H groups in total. The van der Waals surface area contributed by atoms with Crippen molar-refractivity contribution in [2.45, 2.75) is 11.8 Å². The molecule has 2 aromatic carbocycles. The number of Topliss-reactive ketones (excluding diaryl/α,β-unsaturated/α-hetero) is 1. The molecule has 0 radical (unpaired) electrons. The van der Waals surface area contributed by atoms with Crippen molar-refractivity contribution in [2.75, 3.05) is 18.5 Å². The lowest BCUT2D eigenvalue weighted by Crippen LogP contribution is -2.32. The minimum atomic E-state index is -3.84. The topological polar surface area (TPSA) is 119 Å². The lowest BCUT2D eigenvalue weighted by molar-refractivity contribution is -0.146. The molecule has 0 atom stereocenters. The lowest BCUT2D eigenvalue weighted by Gasteiger charge is -2.08. The second-order valence-electron chi connectivity index (χ2n) is 5.48. The molecule has 0 heterocycles. The number of esters is 1. The largest absolute Gasteiger partial charge is 0.455 e. The van der Waals surface area contributed by atoms with Crippen molar-refractivity contribution < 1.29 is 27.5 Å². The predicted molar refractivity (Wildman–Crippen MR) is 97.7 cm³/mol. The molecular weight excluding hydrogens is 372 g/mol. The first kappa shape index (κ1) is 20.3. The molecule has 2 aromatic rings. The summed E-state index contributed by atoms with van der Waals surface area (Å²) in [5, 5.41) is 2.48. The minimum absolute atomic E-state index is 0.0147. The molecule has 0 aliphatic rings. The number of carbonyl (C=O) groups excluding carboxylic acids is 3. The number of amides is 1. The van der Waals surface area contributed by atoms with Crippen LogP contribution in [0.5, 0.6) is 0 Å². The van der Waals surface area contributed by atoms with Crippen LogP contribution in [0.25, 0.3) is 0 Å². The highest BCUT2D eigenvalue weighted by molar-refractivity contribution is 7.89. The fourth-order valence-electron chi connectivity index (χ4n) is 2.05. The maximum atomic E-state index is 12.0. The molecule has 0 aromatic heterocycles. The van der Waals surface area contributed by atoms with Gasteiger partial charge in [-0.3, -0.25) is 14.4 Å². The van der Waals surface area contributed by atoms with Crippen molar-refractivity contribution in [2.24, 2.45) is 0 Å². The van der Waals surface area contributed by atoms with Crippen molar-refractivity contribution in [3.05, 3.63) is 60.2 Å². The number of hydrogen-bond acceptors (Lipinski definition) is 6. The molecule has 27 heavy (non-hydrogen) atoms. The van der Waals surface area contributed by atoms with E-state index in [0.717, 1.165) is 0 Å². The average Bonchev–Trinajstić information content (AvgIpc) is 2.65. The second-order valence-corrected chi connectivity index (χ2v) is 7.25. The number of sulfonamides is 1. The van der Waals surface area contributed by atoms with E-state index >= 15 is 0 Å². The molecule has 0 bridgehead atoms. The second kappa shape index (κ2) is 9.06. The molecule has 142 valence electrons. The van der Waals surface area contributed by atoms with Gasteiger partial charge in [-0.25, -0.2) is 8.42 Å². The Morgan fingerprint density at radius 1 is 1.00 bits per heavy atom. The molecule has 8 nitrogen and oxygen atoms in total. The van der Waals surface area contributed by atoms with E-state index in [1.165, 1.54) is 25.1 Å². The van der Waals surface area contributed by atoms with Crippen LogP contribution in [0.1, 0.15) is 17.3 Å². The van der Waals surface area contributed by atoms with Gasteiger partial charge in [0.1, 0.15) is 6.54 Å². The normalized spacial score (nSPS) is 10.9. The van der Waals surface area contributed by atoms with E-state index in [4.69, 9.17) is 4.74 Å². The number of benzene rings is 2. The van der Waals surface area contributed by atoms with E-state index in [9.17, 15) is 22.8 Å². The van der Waals surface area contributed by atoms with Gasteiger partial charge in [0.2, 0.25) is 10.0 Å². The number of rotatable bonds is 8. The maximum absolute atomic E-state index is 12.0. The summed E-state index contributed by atoms with van der Waals surface area (Å²) in [6, 6.07) is 13.8. The third-order valence-corrected chi connectivity index (χ3v) is 4.79. The van der Waals surface area contributed by atoms with Gasteiger partial charge in [-0.2, -0.15) is 4.72 Å². The van der Waals surface area contributed by atoms with Crippen LogP contribution < -0.4 is 10.0 Å². The van der Waals surface area contributed by atoms with Crippen molar-refractivity contribution >= 4 is 33.4 Å². The SMILES string of the molecule is CC(=O)c1cccc(NC(=O)COC(=O)CNS(=O)(=O)c2ccccc2)c1. The van der Waals surface area contributed by atoms with Crippen molar-refractivity contribution in [3.8, 4) is 0 Å². The average molecular weight is 390 g/mol. The van der Waals surface area contributed by atoms with E-state index < -0.39 is 35.1 Å². The smallest absolute Gasteiger partial charge is 0.321 e. The maximum Gasteiger partial charge on any atom is 0.321 e. The summed E-state index contributed by atoms with van der Waals surface area (Å²) in [6.07, 6.45) is 0. The Balaban J connectivity index is 1.81. The Kier molecular flexibility index (Phi) is 6.80. The van der Waals surface area contributed by atoms with Crippen LogP contribution in [-0.2, 0) is 24.3 Å². The van der Waals surface area contributed by atoms with Gasteiger partial charge < -0.3 is 10.1 Å². The fraction of sp³-hybridized carbons (Fsp3) is 0.167. The highest BCUT2D eigenvalue weighted by Crippen LogP contribution is 2.11. The molecule has 0 saturated carbocycles. The van der Waals surface area contributed by atoms with Crippen LogP contribution in [0.15, 0.2) is 59.5 Å². The summed E-state index contributed by atoms with van der Waals surface area (Å²) in [5.41, 5.74) is 0.814. The molecule has 2 rings (SSSR count). The zero-order valence-electron chi connectivity index (χ0n) is 14.5. The van der Waals surface area contributed by atoms with Crippen molar-refractivity contribution in [1.82, 2.24) is 4.72 Å². The van der Waals surface area contributed by atoms with Crippen molar-refractivity contribution in [3.63, 3.8) is 0 Å². The number of ketones is 1. The molecule has 0 fully saturated rings. The molecule has 0 unspecified atom stereocenters. The summed E-state index contributed by atoms with van der Waals surface area (Å²) in [7, 11) is -3.84. The molecule has 1 amide bonds. The zero-order chi connectivity index (χ0) is 19.9. The summed E-state index contributed by atoms with van der Waals surface area (Å²) < 4.78 is 30.8. The molecule has 9 heteroatoms.